The van der Waals surface area contributed by atoms with Gasteiger partial charge in [0.25, 0.3) is 0 Å². The summed E-state index contributed by atoms with van der Waals surface area (Å²) in [6.07, 6.45) is 9.23. The number of rotatable bonds is 5. The summed E-state index contributed by atoms with van der Waals surface area (Å²) in [5, 5.41) is 3.66. The van der Waals surface area contributed by atoms with Crippen molar-refractivity contribution in [3.8, 4) is 0 Å². The molecule has 0 aliphatic heterocycles. The molecule has 0 radical (unpaired) electrons. The first kappa shape index (κ1) is 15.5. The molecule has 0 aromatic carbocycles. The molecular weight excluding hydrogens is 246 g/mol. The standard InChI is InChI=1S/C17H29N3/c1-14-6-5-7-17(9-14,20(3)4)13-19-12-16-8-15(2)10-18-11-16/h8,10-11,14,19H,5-7,9,12-13H2,1-4H3. The van der Waals surface area contributed by atoms with Crippen molar-refractivity contribution in [2.45, 2.75) is 51.6 Å². The van der Waals surface area contributed by atoms with Crippen molar-refractivity contribution in [3.05, 3.63) is 29.6 Å². The fourth-order valence-corrected chi connectivity index (χ4v) is 3.51. The number of likely N-dealkylation sites (N-methyl/N-ethyl adjacent to an activating group) is 1. The topological polar surface area (TPSA) is 28.2 Å². The van der Waals surface area contributed by atoms with E-state index in [1.165, 1.54) is 36.8 Å². The molecule has 3 nitrogen and oxygen atoms in total. The molecule has 2 atom stereocenters. The van der Waals surface area contributed by atoms with Crippen molar-refractivity contribution in [1.82, 2.24) is 15.2 Å². The van der Waals surface area contributed by atoms with Crippen LogP contribution in [0.25, 0.3) is 0 Å². The summed E-state index contributed by atoms with van der Waals surface area (Å²) in [4.78, 5) is 6.70. The van der Waals surface area contributed by atoms with E-state index in [1.54, 1.807) is 0 Å². The molecule has 2 rings (SSSR count). The minimum absolute atomic E-state index is 0.328. The summed E-state index contributed by atoms with van der Waals surface area (Å²) < 4.78 is 0. The van der Waals surface area contributed by atoms with Gasteiger partial charge in [0, 0.05) is 31.0 Å². The van der Waals surface area contributed by atoms with Gasteiger partial charge in [-0.2, -0.15) is 0 Å². The first-order chi connectivity index (χ1) is 9.52. The van der Waals surface area contributed by atoms with Crippen LogP contribution in [0, 0.1) is 12.8 Å². The van der Waals surface area contributed by atoms with Crippen molar-refractivity contribution < 1.29 is 0 Å². The second-order valence-electron chi connectivity index (χ2n) is 6.79. The molecule has 0 bridgehead atoms. The van der Waals surface area contributed by atoms with Gasteiger partial charge in [-0.3, -0.25) is 4.98 Å². The molecule has 1 heterocycles. The van der Waals surface area contributed by atoms with E-state index < -0.39 is 0 Å². The molecule has 1 N–H and O–H groups in total. The quantitative estimate of drug-likeness (QED) is 0.895. The second kappa shape index (κ2) is 6.68. The van der Waals surface area contributed by atoms with Gasteiger partial charge in [-0.05, 0) is 50.9 Å². The number of pyridine rings is 1. The summed E-state index contributed by atoms with van der Waals surface area (Å²) in [5.74, 6) is 0.841. The average Bonchev–Trinajstić information content (AvgIpc) is 2.38. The molecule has 20 heavy (non-hydrogen) atoms. The molecule has 0 amide bonds. The Hall–Kier alpha value is -0.930. The average molecular weight is 275 g/mol. The highest BCUT2D eigenvalue weighted by molar-refractivity contribution is 5.16. The Labute approximate surface area is 123 Å². The summed E-state index contributed by atoms with van der Waals surface area (Å²) in [6.45, 7) is 6.47. The Morgan fingerprint density at radius 3 is 2.85 bits per heavy atom. The number of aryl methyl sites for hydroxylation is 1. The fourth-order valence-electron chi connectivity index (χ4n) is 3.51. The van der Waals surface area contributed by atoms with Crippen LogP contribution in [0.3, 0.4) is 0 Å². The Balaban J connectivity index is 1.93. The molecule has 3 heteroatoms. The molecule has 1 fully saturated rings. The van der Waals surface area contributed by atoms with Crippen LogP contribution >= 0.6 is 0 Å². The zero-order chi connectivity index (χ0) is 14.6. The van der Waals surface area contributed by atoms with Crippen molar-refractivity contribution >= 4 is 0 Å². The maximum absolute atomic E-state index is 4.26. The molecule has 2 unspecified atom stereocenters. The SMILES string of the molecule is Cc1cncc(CNCC2(N(C)C)CCCC(C)C2)c1. The Morgan fingerprint density at radius 2 is 2.20 bits per heavy atom. The summed E-state index contributed by atoms with van der Waals surface area (Å²) in [6, 6.07) is 2.21. The van der Waals surface area contributed by atoms with Crippen LogP contribution in [-0.2, 0) is 6.54 Å². The Bertz CT molecular complexity index is 430. The van der Waals surface area contributed by atoms with E-state index in [1.807, 2.05) is 12.4 Å². The highest BCUT2D eigenvalue weighted by atomic mass is 15.2. The molecule has 1 aliphatic carbocycles. The number of hydrogen-bond acceptors (Lipinski definition) is 3. The van der Waals surface area contributed by atoms with Crippen LogP contribution in [0.5, 0.6) is 0 Å². The highest BCUT2D eigenvalue weighted by Gasteiger charge is 2.36. The third-order valence-corrected chi connectivity index (χ3v) is 4.73. The summed E-state index contributed by atoms with van der Waals surface area (Å²) in [7, 11) is 4.46. The maximum Gasteiger partial charge on any atom is 0.0330 e. The second-order valence-corrected chi connectivity index (χ2v) is 6.79. The Kier molecular flexibility index (Phi) is 5.17. The predicted octanol–water partition coefficient (Wildman–Crippen LogP) is 2.99. The van der Waals surface area contributed by atoms with Gasteiger partial charge in [0.1, 0.15) is 0 Å². The van der Waals surface area contributed by atoms with E-state index in [0.29, 0.717) is 5.54 Å². The number of nitrogens with one attached hydrogen (secondary N) is 1. The first-order valence-electron chi connectivity index (χ1n) is 7.80. The smallest absolute Gasteiger partial charge is 0.0330 e. The van der Waals surface area contributed by atoms with E-state index in [0.717, 1.165) is 19.0 Å². The third-order valence-electron chi connectivity index (χ3n) is 4.73. The van der Waals surface area contributed by atoms with Crippen molar-refractivity contribution in [1.29, 1.82) is 0 Å². The third kappa shape index (κ3) is 3.80. The van der Waals surface area contributed by atoms with E-state index in [9.17, 15) is 0 Å². The molecule has 1 aliphatic rings. The van der Waals surface area contributed by atoms with Gasteiger partial charge < -0.3 is 10.2 Å². The first-order valence-corrected chi connectivity index (χ1v) is 7.80. The van der Waals surface area contributed by atoms with Crippen LogP contribution in [0.4, 0.5) is 0 Å². The van der Waals surface area contributed by atoms with Gasteiger partial charge in [-0.1, -0.05) is 25.8 Å². The van der Waals surface area contributed by atoms with Gasteiger partial charge in [0.05, 0.1) is 0 Å². The minimum Gasteiger partial charge on any atom is -0.311 e. The molecule has 112 valence electrons. The minimum atomic E-state index is 0.328. The lowest BCUT2D eigenvalue weighted by atomic mass is 9.75. The molecule has 0 saturated heterocycles. The largest absolute Gasteiger partial charge is 0.311 e. The lowest BCUT2D eigenvalue weighted by Gasteiger charge is -2.45. The Morgan fingerprint density at radius 1 is 1.40 bits per heavy atom. The van der Waals surface area contributed by atoms with E-state index >= 15 is 0 Å². The van der Waals surface area contributed by atoms with Crippen LogP contribution in [0.15, 0.2) is 18.5 Å². The summed E-state index contributed by atoms with van der Waals surface area (Å²) in [5.41, 5.74) is 2.84. The van der Waals surface area contributed by atoms with Gasteiger partial charge in [0.2, 0.25) is 0 Å². The van der Waals surface area contributed by atoms with Gasteiger partial charge in [-0.25, -0.2) is 0 Å². The van der Waals surface area contributed by atoms with E-state index in [4.69, 9.17) is 0 Å². The predicted molar refractivity (Wildman–Crippen MR) is 84.7 cm³/mol. The zero-order valence-corrected chi connectivity index (χ0v) is 13.4. The van der Waals surface area contributed by atoms with E-state index in [-0.39, 0.29) is 0 Å². The van der Waals surface area contributed by atoms with Crippen molar-refractivity contribution in [3.63, 3.8) is 0 Å². The highest BCUT2D eigenvalue weighted by Crippen LogP contribution is 2.35. The lowest BCUT2D eigenvalue weighted by Crippen LogP contribution is -2.54. The summed E-state index contributed by atoms with van der Waals surface area (Å²) >= 11 is 0. The molecule has 1 aromatic rings. The number of aromatic nitrogens is 1. The zero-order valence-electron chi connectivity index (χ0n) is 13.4. The monoisotopic (exact) mass is 275 g/mol. The normalized spacial score (nSPS) is 26.9. The fraction of sp³-hybridized carbons (Fsp3) is 0.706. The van der Waals surface area contributed by atoms with Crippen LogP contribution in [0.1, 0.15) is 43.7 Å². The van der Waals surface area contributed by atoms with Crippen LogP contribution < -0.4 is 5.32 Å². The molecule has 1 saturated carbocycles. The number of nitrogens with zero attached hydrogens (tertiary/aromatic N) is 2. The van der Waals surface area contributed by atoms with Gasteiger partial charge in [-0.15, -0.1) is 0 Å². The van der Waals surface area contributed by atoms with Gasteiger partial charge >= 0.3 is 0 Å². The van der Waals surface area contributed by atoms with Crippen molar-refractivity contribution in [2.24, 2.45) is 5.92 Å². The maximum atomic E-state index is 4.26. The van der Waals surface area contributed by atoms with E-state index in [2.05, 4.69) is 49.2 Å². The molecule has 1 aromatic heterocycles. The molecular formula is C17H29N3. The van der Waals surface area contributed by atoms with Gasteiger partial charge in [0.15, 0.2) is 0 Å². The van der Waals surface area contributed by atoms with Crippen LogP contribution in [-0.4, -0.2) is 36.1 Å². The lowest BCUT2D eigenvalue weighted by molar-refractivity contribution is 0.0749. The molecule has 0 spiro atoms. The van der Waals surface area contributed by atoms with Crippen LogP contribution in [0.2, 0.25) is 0 Å². The van der Waals surface area contributed by atoms with Crippen molar-refractivity contribution in [2.75, 3.05) is 20.6 Å². The number of hydrogen-bond donors (Lipinski definition) is 1.